The van der Waals surface area contributed by atoms with Crippen molar-refractivity contribution in [1.82, 2.24) is 9.97 Å². The maximum absolute atomic E-state index is 5.76. The lowest BCUT2D eigenvalue weighted by molar-refractivity contribution is 0.104. The van der Waals surface area contributed by atoms with E-state index in [1.165, 1.54) is 12.8 Å². The average molecular weight is 277 g/mol. The fraction of sp³-hybridized carbons (Fsp3) is 0.733. The van der Waals surface area contributed by atoms with Crippen LogP contribution in [-0.2, 0) is 4.74 Å². The van der Waals surface area contributed by atoms with Crippen LogP contribution in [0.4, 0.5) is 5.82 Å². The molecular formula is C15H23N3O2. The number of rotatable bonds is 6. The van der Waals surface area contributed by atoms with Crippen molar-refractivity contribution in [1.29, 1.82) is 0 Å². The van der Waals surface area contributed by atoms with Crippen molar-refractivity contribution >= 4 is 5.82 Å². The van der Waals surface area contributed by atoms with E-state index in [0.717, 1.165) is 31.1 Å². The maximum Gasteiger partial charge on any atom is 0.218 e. The van der Waals surface area contributed by atoms with Gasteiger partial charge in [-0.05, 0) is 31.6 Å². The summed E-state index contributed by atoms with van der Waals surface area (Å²) >= 11 is 0. The van der Waals surface area contributed by atoms with E-state index < -0.39 is 0 Å². The van der Waals surface area contributed by atoms with E-state index in [1.807, 2.05) is 6.07 Å². The highest BCUT2D eigenvalue weighted by Gasteiger charge is 2.25. The zero-order chi connectivity index (χ0) is 13.9. The van der Waals surface area contributed by atoms with Gasteiger partial charge in [0.05, 0.1) is 6.61 Å². The lowest BCUT2D eigenvalue weighted by Crippen LogP contribution is -2.12. The zero-order valence-electron chi connectivity index (χ0n) is 12.3. The summed E-state index contributed by atoms with van der Waals surface area (Å²) in [4.78, 5) is 9.11. The smallest absolute Gasteiger partial charge is 0.218 e. The van der Waals surface area contributed by atoms with E-state index in [-0.39, 0.29) is 6.10 Å². The van der Waals surface area contributed by atoms with Crippen LogP contribution in [0.15, 0.2) is 6.07 Å². The summed E-state index contributed by atoms with van der Waals surface area (Å²) in [6, 6.07) is 2.47. The summed E-state index contributed by atoms with van der Waals surface area (Å²) in [6.45, 7) is 5.73. The van der Waals surface area contributed by atoms with E-state index >= 15 is 0 Å². The minimum Gasteiger partial charge on any atom is -0.477 e. The van der Waals surface area contributed by atoms with Gasteiger partial charge in [0.15, 0.2) is 5.82 Å². The molecule has 0 amide bonds. The van der Waals surface area contributed by atoms with Crippen LogP contribution in [0.3, 0.4) is 0 Å². The standard InChI is InChI=1S/C15H23N3O2/c1-10(2)9-20-14-8-13(16-11-5-6-11)17-15(18-14)12-4-3-7-19-12/h8,10-12H,3-7,9H2,1-2H3,(H,16,17,18). The summed E-state index contributed by atoms with van der Waals surface area (Å²) in [5, 5.41) is 3.42. The molecule has 1 N–H and O–H groups in total. The van der Waals surface area contributed by atoms with E-state index in [2.05, 4.69) is 29.1 Å². The van der Waals surface area contributed by atoms with Crippen molar-refractivity contribution < 1.29 is 9.47 Å². The van der Waals surface area contributed by atoms with Crippen LogP contribution in [0.25, 0.3) is 0 Å². The van der Waals surface area contributed by atoms with Gasteiger partial charge >= 0.3 is 0 Å². The summed E-state index contributed by atoms with van der Waals surface area (Å²) in [5.41, 5.74) is 0. The van der Waals surface area contributed by atoms with Crippen LogP contribution in [0.2, 0.25) is 0 Å². The Morgan fingerprint density at radius 3 is 2.85 bits per heavy atom. The third kappa shape index (κ3) is 3.60. The molecule has 0 spiro atoms. The van der Waals surface area contributed by atoms with Gasteiger partial charge in [-0.15, -0.1) is 0 Å². The second-order valence-corrected chi connectivity index (χ2v) is 6.07. The molecule has 1 unspecified atom stereocenters. The van der Waals surface area contributed by atoms with Crippen LogP contribution < -0.4 is 10.1 Å². The third-order valence-corrected chi connectivity index (χ3v) is 3.43. The topological polar surface area (TPSA) is 56.3 Å². The summed E-state index contributed by atoms with van der Waals surface area (Å²) in [7, 11) is 0. The number of hydrogen-bond donors (Lipinski definition) is 1. The van der Waals surface area contributed by atoms with Crippen molar-refractivity contribution in [3.63, 3.8) is 0 Å². The van der Waals surface area contributed by atoms with Gasteiger partial charge in [-0.25, -0.2) is 4.98 Å². The number of anilines is 1. The van der Waals surface area contributed by atoms with Crippen molar-refractivity contribution in [2.45, 2.75) is 51.7 Å². The van der Waals surface area contributed by atoms with Gasteiger partial charge in [-0.3, -0.25) is 0 Å². The van der Waals surface area contributed by atoms with Crippen LogP contribution in [0.1, 0.15) is 51.5 Å². The highest BCUT2D eigenvalue weighted by Crippen LogP contribution is 2.30. The molecule has 2 heterocycles. The van der Waals surface area contributed by atoms with Gasteiger partial charge in [0, 0.05) is 18.7 Å². The first-order valence-corrected chi connectivity index (χ1v) is 7.60. The van der Waals surface area contributed by atoms with Crippen LogP contribution in [-0.4, -0.2) is 29.2 Å². The van der Waals surface area contributed by atoms with Gasteiger partial charge in [-0.2, -0.15) is 4.98 Å². The van der Waals surface area contributed by atoms with Crippen LogP contribution in [0, 0.1) is 5.92 Å². The summed E-state index contributed by atoms with van der Waals surface area (Å²) in [5.74, 6) is 2.76. The van der Waals surface area contributed by atoms with Crippen LogP contribution in [0.5, 0.6) is 5.88 Å². The molecule has 0 radical (unpaired) electrons. The Hall–Kier alpha value is -1.36. The Bertz CT molecular complexity index is 454. The van der Waals surface area contributed by atoms with Crippen molar-refractivity contribution in [3.05, 3.63) is 11.9 Å². The summed E-state index contributed by atoms with van der Waals surface area (Å²) < 4.78 is 11.5. The van der Waals surface area contributed by atoms with Gasteiger partial charge in [-0.1, -0.05) is 13.8 Å². The van der Waals surface area contributed by atoms with E-state index in [0.29, 0.717) is 24.4 Å². The second kappa shape index (κ2) is 5.95. The molecular weight excluding hydrogens is 254 g/mol. The normalized spacial score (nSPS) is 22.2. The Labute approximate surface area is 120 Å². The molecule has 5 nitrogen and oxygen atoms in total. The molecule has 0 aromatic carbocycles. The molecule has 1 aliphatic carbocycles. The molecule has 2 aliphatic rings. The molecule has 3 rings (SSSR count). The first-order valence-electron chi connectivity index (χ1n) is 7.60. The van der Waals surface area contributed by atoms with Gasteiger partial charge in [0.25, 0.3) is 0 Å². The number of aromatic nitrogens is 2. The fourth-order valence-corrected chi connectivity index (χ4v) is 2.20. The van der Waals surface area contributed by atoms with Gasteiger partial charge in [0.1, 0.15) is 11.9 Å². The molecule has 1 atom stereocenters. The van der Waals surface area contributed by atoms with Crippen molar-refractivity contribution in [2.75, 3.05) is 18.5 Å². The molecule has 0 bridgehead atoms. The third-order valence-electron chi connectivity index (χ3n) is 3.43. The molecule has 1 aromatic heterocycles. The molecule has 1 aliphatic heterocycles. The molecule has 20 heavy (non-hydrogen) atoms. The minimum atomic E-state index is 0.0253. The van der Waals surface area contributed by atoms with Crippen LogP contribution >= 0.6 is 0 Å². The quantitative estimate of drug-likeness (QED) is 0.866. The Kier molecular flexibility index (Phi) is 4.05. The van der Waals surface area contributed by atoms with Gasteiger partial charge in [0.2, 0.25) is 5.88 Å². The predicted molar refractivity (Wildman–Crippen MR) is 76.9 cm³/mol. The molecule has 1 aromatic rings. The Morgan fingerprint density at radius 1 is 1.35 bits per heavy atom. The molecule has 1 saturated heterocycles. The number of nitrogens with zero attached hydrogens (tertiary/aromatic N) is 2. The maximum atomic E-state index is 5.76. The number of hydrogen-bond acceptors (Lipinski definition) is 5. The Balaban J connectivity index is 1.77. The molecule has 110 valence electrons. The first-order chi connectivity index (χ1) is 9.70. The van der Waals surface area contributed by atoms with Crippen molar-refractivity contribution in [3.8, 4) is 5.88 Å². The van der Waals surface area contributed by atoms with Gasteiger partial charge < -0.3 is 14.8 Å². The largest absolute Gasteiger partial charge is 0.477 e. The molecule has 2 fully saturated rings. The number of nitrogens with one attached hydrogen (secondary N) is 1. The first kappa shape index (κ1) is 13.6. The van der Waals surface area contributed by atoms with E-state index in [9.17, 15) is 0 Å². The lowest BCUT2D eigenvalue weighted by Gasteiger charge is -2.14. The fourth-order valence-electron chi connectivity index (χ4n) is 2.20. The highest BCUT2D eigenvalue weighted by molar-refractivity contribution is 5.41. The molecule has 1 saturated carbocycles. The number of ether oxygens (including phenoxy) is 2. The predicted octanol–water partition coefficient (Wildman–Crippen LogP) is 2.94. The van der Waals surface area contributed by atoms with E-state index in [1.54, 1.807) is 0 Å². The summed E-state index contributed by atoms with van der Waals surface area (Å²) in [6.07, 6.45) is 4.55. The van der Waals surface area contributed by atoms with E-state index in [4.69, 9.17) is 9.47 Å². The molecule has 5 heteroatoms. The average Bonchev–Trinajstić information content (AvgIpc) is 3.07. The second-order valence-electron chi connectivity index (χ2n) is 6.07. The van der Waals surface area contributed by atoms with Crippen molar-refractivity contribution in [2.24, 2.45) is 5.92 Å². The zero-order valence-corrected chi connectivity index (χ0v) is 12.3. The lowest BCUT2D eigenvalue weighted by atomic mass is 10.2. The highest BCUT2D eigenvalue weighted by atomic mass is 16.5. The SMILES string of the molecule is CC(C)COc1cc(NC2CC2)nc(C2CCCO2)n1. The minimum absolute atomic E-state index is 0.0253. The monoisotopic (exact) mass is 277 g/mol. The Morgan fingerprint density at radius 2 is 2.20 bits per heavy atom.